The highest BCUT2D eigenvalue weighted by Crippen LogP contribution is 2.25. The second kappa shape index (κ2) is 4.61. The van der Waals surface area contributed by atoms with Crippen molar-refractivity contribution in [3.05, 3.63) is 28.8 Å². The van der Waals surface area contributed by atoms with Crippen LogP contribution in [0.5, 0.6) is 0 Å². The van der Waals surface area contributed by atoms with Gasteiger partial charge in [0.1, 0.15) is 5.01 Å². The summed E-state index contributed by atoms with van der Waals surface area (Å²) in [6, 6.07) is 5.99. The van der Waals surface area contributed by atoms with Crippen LogP contribution in [0, 0.1) is 6.92 Å². The van der Waals surface area contributed by atoms with Crippen molar-refractivity contribution in [2.24, 2.45) is 0 Å². The molecule has 0 saturated carbocycles. The van der Waals surface area contributed by atoms with Crippen molar-refractivity contribution in [2.45, 2.75) is 20.3 Å². The van der Waals surface area contributed by atoms with Crippen LogP contribution >= 0.6 is 11.3 Å². The number of ether oxygens (including phenoxy) is 1. The molecule has 0 aliphatic carbocycles. The van der Waals surface area contributed by atoms with E-state index in [0.717, 1.165) is 15.2 Å². The third-order valence-corrected chi connectivity index (χ3v) is 3.46. The molecule has 0 saturated heterocycles. The summed E-state index contributed by atoms with van der Waals surface area (Å²) in [4.78, 5) is 15.7. The van der Waals surface area contributed by atoms with Gasteiger partial charge in [0.2, 0.25) is 0 Å². The number of fused-ring (bicyclic) bond motifs is 1. The quantitative estimate of drug-likeness (QED) is 0.768. The van der Waals surface area contributed by atoms with Crippen LogP contribution in [-0.4, -0.2) is 17.6 Å². The summed E-state index contributed by atoms with van der Waals surface area (Å²) in [7, 11) is 0. The van der Waals surface area contributed by atoms with E-state index >= 15 is 0 Å². The summed E-state index contributed by atoms with van der Waals surface area (Å²) in [5.41, 5.74) is 2.16. The summed E-state index contributed by atoms with van der Waals surface area (Å²) in [6.07, 6.45) is 0.270. The Kier molecular flexibility index (Phi) is 3.19. The normalized spacial score (nSPS) is 10.6. The van der Waals surface area contributed by atoms with Crippen LogP contribution < -0.4 is 0 Å². The van der Waals surface area contributed by atoms with Crippen molar-refractivity contribution >= 4 is 27.5 Å². The molecule has 84 valence electrons. The van der Waals surface area contributed by atoms with Gasteiger partial charge in [-0.05, 0) is 25.5 Å². The number of carbonyl (C=O) groups is 1. The van der Waals surface area contributed by atoms with Gasteiger partial charge in [-0.1, -0.05) is 12.1 Å². The molecule has 0 fully saturated rings. The Morgan fingerprint density at radius 2 is 2.31 bits per heavy atom. The summed E-state index contributed by atoms with van der Waals surface area (Å²) in [5, 5.41) is 0.822. The molecular weight excluding hydrogens is 222 g/mol. The zero-order valence-electron chi connectivity index (χ0n) is 9.32. The molecule has 0 spiro atoms. The van der Waals surface area contributed by atoms with Crippen molar-refractivity contribution in [3.63, 3.8) is 0 Å². The first-order valence-corrected chi connectivity index (χ1v) is 6.03. The lowest BCUT2D eigenvalue weighted by Crippen LogP contribution is -2.06. The average molecular weight is 235 g/mol. The smallest absolute Gasteiger partial charge is 0.312 e. The molecule has 1 aromatic carbocycles. The van der Waals surface area contributed by atoms with Gasteiger partial charge in [-0.3, -0.25) is 4.79 Å². The van der Waals surface area contributed by atoms with Crippen LogP contribution in [0.2, 0.25) is 0 Å². The zero-order valence-corrected chi connectivity index (χ0v) is 10.1. The average Bonchev–Trinajstić information content (AvgIpc) is 2.62. The molecule has 2 aromatic rings. The van der Waals surface area contributed by atoms with Crippen molar-refractivity contribution in [2.75, 3.05) is 6.61 Å². The van der Waals surface area contributed by atoms with Gasteiger partial charge < -0.3 is 4.74 Å². The van der Waals surface area contributed by atoms with E-state index in [1.165, 1.54) is 5.56 Å². The molecule has 0 atom stereocenters. The second-order valence-corrected chi connectivity index (χ2v) is 4.60. The first kappa shape index (κ1) is 11.1. The molecule has 0 bridgehead atoms. The van der Waals surface area contributed by atoms with E-state index in [-0.39, 0.29) is 12.4 Å². The lowest BCUT2D eigenvalue weighted by atomic mass is 10.2. The molecule has 0 aliphatic rings. The number of hydrogen-bond acceptors (Lipinski definition) is 4. The highest BCUT2D eigenvalue weighted by Gasteiger charge is 2.10. The fraction of sp³-hybridized carbons (Fsp3) is 0.333. The molecule has 0 aliphatic heterocycles. The maximum atomic E-state index is 11.3. The maximum Gasteiger partial charge on any atom is 0.312 e. The second-order valence-electron chi connectivity index (χ2n) is 3.51. The number of carbonyl (C=O) groups excluding carboxylic acids is 1. The molecule has 3 nitrogen and oxygen atoms in total. The minimum atomic E-state index is -0.209. The molecule has 0 N–H and O–H groups in total. The fourth-order valence-corrected chi connectivity index (χ4v) is 2.56. The largest absolute Gasteiger partial charge is 0.466 e. The first-order valence-electron chi connectivity index (χ1n) is 5.21. The fourth-order valence-electron chi connectivity index (χ4n) is 1.54. The number of esters is 1. The Labute approximate surface area is 98.1 Å². The number of aryl methyl sites for hydroxylation is 1. The van der Waals surface area contributed by atoms with Gasteiger partial charge in [0.15, 0.2) is 0 Å². The summed E-state index contributed by atoms with van der Waals surface area (Å²) in [6.45, 7) is 4.28. The van der Waals surface area contributed by atoms with E-state index in [1.54, 1.807) is 18.3 Å². The number of nitrogens with zero attached hydrogens (tertiary/aromatic N) is 1. The Morgan fingerprint density at radius 1 is 1.50 bits per heavy atom. The predicted molar refractivity (Wildman–Crippen MR) is 64.7 cm³/mol. The van der Waals surface area contributed by atoms with Crippen LogP contribution in [0.3, 0.4) is 0 Å². The number of hydrogen-bond donors (Lipinski definition) is 0. The monoisotopic (exact) mass is 235 g/mol. The molecule has 1 heterocycles. The number of benzene rings is 1. The number of rotatable bonds is 3. The highest BCUT2D eigenvalue weighted by molar-refractivity contribution is 7.18. The van der Waals surface area contributed by atoms with E-state index in [0.29, 0.717) is 6.61 Å². The third kappa shape index (κ3) is 2.22. The van der Waals surface area contributed by atoms with Crippen LogP contribution in [0.4, 0.5) is 0 Å². The van der Waals surface area contributed by atoms with E-state index < -0.39 is 0 Å². The zero-order chi connectivity index (χ0) is 11.5. The van der Waals surface area contributed by atoms with Gasteiger partial charge in [-0.2, -0.15) is 0 Å². The van der Waals surface area contributed by atoms with E-state index in [1.807, 2.05) is 12.1 Å². The topological polar surface area (TPSA) is 39.2 Å². The predicted octanol–water partition coefficient (Wildman–Crippen LogP) is 2.71. The molecule has 2 rings (SSSR count). The Morgan fingerprint density at radius 3 is 3.00 bits per heavy atom. The minimum Gasteiger partial charge on any atom is -0.466 e. The number of thiazole rings is 1. The van der Waals surface area contributed by atoms with Gasteiger partial charge in [0.25, 0.3) is 0 Å². The molecule has 16 heavy (non-hydrogen) atoms. The molecule has 4 heteroatoms. The molecule has 1 aromatic heterocycles. The minimum absolute atomic E-state index is 0.209. The summed E-state index contributed by atoms with van der Waals surface area (Å²) >= 11 is 1.57. The van der Waals surface area contributed by atoms with Gasteiger partial charge in [0, 0.05) is 0 Å². The summed E-state index contributed by atoms with van der Waals surface area (Å²) < 4.78 is 6.05. The van der Waals surface area contributed by atoms with E-state index in [2.05, 4.69) is 18.0 Å². The van der Waals surface area contributed by atoms with Crippen LogP contribution in [-0.2, 0) is 16.0 Å². The van der Waals surface area contributed by atoms with Gasteiger partial charge in [0.05, 0.1) is 23.2 Å². The third-order valence-electron chi connectivity index (χ3n) is 2.26. The SMILES string of the molecule is CCOC(=O)Cc1nc2cccc(C)c2s1. The Hall–Kier alpha value is -1.42. The van der Waals surface area contributed by atoms with E-state index in [9.17, 15) is 4.79 Å². The van der Waals surface area contributed by atoms with Crippen molar-refractivity contribution in [3.8, 4) is 0 Å². The Bertz CT molecular complexity index is 519. The van der Waals surface area contributed by atoms with Crippen LogP contribution in [0.1, 0.15) is 17.5 Å². The molecule has 0 amide bonds. The molecular formula is C12H13NO2S. The van der Waals surface area contributed by atoms with Crippen LogP contribution in [0.25, 0.3) is 10.2 Å². The molecule has 0 unspecified atom stereocenters. The maximum absolute atomic E-state index is 11.3. The standard InChI is InChI=1S/C12H13NO2S/c1-3-15-11(14)7-10-13-9-6-4-5-8(2)12(9)16-10/h4-6H,3,7H2,1-2H3. The first-order chi connectivity index (χ1) is 7.70. The number of aromatic nitrogens is 1. The lowest BCUT2D eigenvalue weighted by Gasteiger charge is -1.97. The van der Waals surface area contributed by atoms with Crippen LogP contribution in [0.15, 0.2) is 18.2 Å². The lowest BCUT2D eigenvalue weighted by molar-refractivity contribution is -0.142. The summed E-state index contributed by atoms with van der Waals surface area (Å²) in [5.74, 6) is -0.209. The molecule has 0 radical (unpaired) electrons. The van der Waals surface area contributed by atoms with Crippen molar-refractivity contribution < 1.29 is 9.53 Å². The van der Waals surface area contributed by atoms with Crippen molar-refractivity contribution in [1.82, 2.24) is 4.98 Å². The van der Waals surface area contributed by atoms with Gasteiger partial charge in [-0.25, -0.2) is 4.98 Å². The van der Waals surface area contributed by atoms with Crippen molar-refractivity contribution in [1.29, 1.82) is 0 Å². The van der Waals surface area contributed by atoms with Gasteiger partial charge >= 0.3 is 5.97 Å². The highest BCUT2D eigenvalue weighted by atomic mass is 32.1. The van der Waals surface area contributed by atoms with E-state index in [4.69, 9.17) is 4.74 Å². The van der Waals surface area contributed by atoms with Gasteiger partial charge in [-0.15, -0.1) is 11.3 Å². The Balaban J connectivity index is 2.26.